The Balaban J connectivity index is 1.70. The van der Waals surface area contributed by atoms with E-state index in [-0.39, 0.29) is 17.7 Å². The Morgan fingerprint density at radius 2 is 1.83 bits per heavy atom. The zero-order chi connectivity index (χ0) is 20.6. The third kappa shape index (κ3) is 5.99. The standard InChI is InChI=1S/C23H21F2NO2S/c1-2-16-5-10-18(11-6-16)22(20-4-3-15-29-20)26-21(27)14-9-17-7-12-19(13-8-17)28-23(24)25/h3-15,22-23H,2H2,1H3,(H,26,27)/b14-9+/t22-/m0/s1. The van der Waals surface area contributed by atoms with Crippen molar-refractivity contribution in [3.63, 3.8) is 0 Å². The topological polar surface area (TPSA) is 38.3 Å². The maximum absolute atomic E-state index is 12.5. The smallest absolute Gasteiger partial charge is 0.387 e. The molecule has 0 bridgehead atoms. The van der Waals surface area contributed by atoms with Gasteiger partial charge in [0.1, 0.15) is 5.75 Å². The molecule has 3 rings (SSSR count). The van der Waals surface area contributed by atoms with Crippen molar-refractivity contribution >= 4 is 23.3 Å². The van der Waals surface area contributed by atoms with Gasteiger partial charge < -0.3 is 10.1 Å². The lowest BCUT2D eigenvalue weighted by Gasteiger charge is -2.17. The van der Waals surface area contributed by atoms with E-state index in [2.05, 4.69) is 29.1 Å². The van der Waals surface area contributed by atoms with Gasteiger partial charge in [-0.3, -0.25) is 4.79 Å². The summed E-state index contributed by atoms with van der Waals surface area (Å²) in [5, 5.41) is 5.02. The lowest BCUT2D eigenvalue weighted by Crippen LogP contribution is -2.27. The van der Waals surface area contributed by atoms with Crippen LogP contribution in [-0.4, -0.2) is 12.5 Å². The van der Waals surface area contributed by atoms with Crippen LogP contribution in [0.25, 0.3) is 6.08 Å². The van der Waals surface area contributed by atoms with Crippen molar-refractivity contribution in [2.24, 2.45) is 0 Å². The molecule has 0 saturated carbocycles. The van der Waals surface area contributed by atoms with E-state index in [0.29, 0.717) is 5.56 Å². The Kier molecular flexibility index (Phi) is 7.14. The Morgan fingerprint density at radius 3 is 2.41 bits per heavy atom. The molecule has 0 aliphatic carbocycles. The summed E-state index contributed by atoms with van der Waals surface area (Å²) in [7, 11) is 0. The minimum Gasteiger partial charge on any atom is -0.435 e. The second-order valence-electron chi connectivity index (χ2n) is 6.33. The normalized spacial score (nSPS) is 12.3. The molecule has 150 valence electrons. The van der Waals surface area contributed by atoms with Crippen molar-refractivity contribution in [3.05, 3.63) is 93.7 Å². The molecule has 1 N–H and O–H groups in total. The van der Waals surface area contributed by atoms with Crippen LogP contribution in [0.4, 0.5) is 8.78 Å². The second-order valence-corrected chi connectivity index (χ2v) is 7.31. The number of carbonyl (C=O) groups excluding carboxylic acids is 1. The van der Waals surface area contributed by atoms with Gasteiger partial charge in [0.25, 0.3) is 0 Å². The van der Waals surface area contributed by atoms with Gasteiger partial charge in [-0.15, -0.1) is 11.3 Å². The molecule has 0 aliphatic rings. The first kappa shape index (κ1) is 20.7. The van der Waals surface area contributed by atoms with Crippen LogP contribution in [0.5, 0.6) is 5.75 Å². The number of thiophene rings is 1. The maximum Gasteiger partial charge on any atom is 0.387 e. The van der Waals surface area contributed by atoms with E-state index in [9.17, 15) is 13.6 Å². The molecule has 0 saturated heterocycles. The van der Waals surface area contributed by atoms with Gasteiger partial charge in [-0.05, 0) is 52.8 Å². The highest BCUT2D eigenvalue weighted by atomic mass is 32.1. The number of alkyl halides is 2. The molecule has 6 heteroatoms. The predicted molar refractivity (Wildman–Crippen MR) is 112 cm³/mol. The zero-order valence-electron chi connectivity index (χ0n) is 15.8. The fourth-order valence-electron chi connectivity index (χ4n) is 2.84. The second kappa shape index (κ2) is 9.98. The van der Waals surface area contributed by atoms with E-state index in [4.69, 9.17) is 0 Å². The molecule has 0 radical (unpaired) electrons. The van der Waals surface area contributed by atoms with Crippen molar-refractivity contribution in [2.75, 3.05) is 0 Å². The van der Waals surface area contributed by atoms with Crippen molar-refractivity contribution in [3.8, 4) is 5.75 Å². The summed E-state index contributed by atoms with van der Waals surface area (Å²) in [6, 6.07) is 18.0. The van der Waals surface area contributed by atoms with Crippen molar-refractivity contribution < 1.29 is 18.3 Å². The number of rotatable bonds is 8. The summed E-state index contributed by atoms with van der Waals surface area (Å²) in [6.45, 7) is -0.757. The number of halogens is 2. The summed E-state index contributed by atoms with van der Waals surface area (Å²) in [6.07, 6.45) is 4.03. The molecular formula is C23H21F2NO2S. The minimum atomic E-state index is -2.86. The fraction of sp³-hybridized carbons (Fsp3) is 0.174. The average molecular weight is 413 g/mol. The number of aryl methyl sites for hydroxylation is 1. The van der Waals surface area contributed by atoms with Crippen molar-refractivity contribution in [2.45, 2.75) is 26.0 Å². The highest BCUT2D eigenvalue weighted by Crippen LogP contribution is 2.26. The summed E-state index contributed by atoms with van der Waals surface area (Å²) < 4.78 is 28.7. The van der Waals surface area contributed by atoms with Gasteiger partial charge in [0.15, 0.2) is 0 Å². The average Bonchev–Trinajstić information content (AvgIpc) is 3.26. The van der Waals surface area contributed by atoms with E-state index in [1.165, 1.54) is 23.8 Å². The maximum atomic E-state index is 12.5. The number of amides is 1. The van der Waals surface area contributed by atoms with Gasteiger partial charge in [-0.2, -0.15) is 8.78 Å². The quantitative estimate of drug-likeness (QED) is 0.472. The Morgan fingerprint density at radius 1 is 1.10 bits per heavy atom. The van der Waals surface area contributed by atoms with Gasteiger partial charge in [-0.25, -0.2) is 0 Å². The molecule has 1 amide bonds. The van der Waals surface area contributed by atoms with Crippen LogP contribution in [0, 0.1) is 0 Å². The first-order valence-electron chi connectivity index (χ1n) is 9.21. The number of hydrogen-bond donors (Lipinski definition) is 1. The van der Waals surface area contributed by atoms with Crippen LogP contribution in [0.2, 0.25) is 0 Å². The number of hydrogen-bond acceptors (Lipinski definition) is 3. The van der Waals surface area contributed by atoms with Crippen molar-refractivity contribution in [1.82, 2.24) is 5.32 Å². The monoisotopic (exact) mass is 413 g/mol. The molecule has 0 spiro atoms. The van der Waals surface area contributed by atoms with Crippen LogP contribution in [0.3, 0.4) is 0 Å². The number of carbonyl (C=O) groups is 1. The molecule has 29 heavy (non-hydrogen) atoms. The number of ether oxygens (including phenoxy) is 1. The van der Waals surface area contributed by atoms with Crippen LogP contribution in [0.15, 0.2) is 72.1 Å². The minimum absolute atomic E-state index is 0.0786. The Bertz CT molecular complexity index is 936. The Labute approximate surface area is 172 Å². The van der Waals surface area contributed by atoms with Crippen LogP contribution >= 0.6 is 11.3 Å². The SMILES string of the molecule is CCc1ccc([C@H](NC(=O)/C=C/c2ccc(OC(F)F)cc2)c2cccs2)cc1. The van der Waals surface area contributed by atoms with E-state index in [1.807, 2.05) is 29.6 Å². The van der Waals surface area contributed by atoms with Gasteiger partial charge in [-0.1, -0.05) is 49.4 Å². The van der Waals surface area contributed by atoms with E-state index >= 15 is 0 Å². The Hall–Kier alpha value is -2.99. The number of benzene rings is 2. The third-order valence-electron chi connectivity index (χ3n) is 4.37. The van der Waals surface area contributed by atoms with E-state index in [0.717, 1.165) is 16.9 Å². The van der Waals surface area contributed by atoms with Crippen LogP contribution in [-0.2, 0) is 11.2 Å². The molecule has 1 heterocycles. The van der Waals surface area contributed by atoms with E-state index in [1.54, 1.807) is 29.5 Å². The fourth-order valence-corrected chi connectivity index (χ4v) is 3.65. The molecule has 1 atom stereocenters. The molecule has 0 aliphatic heterocycles. The molecule has 1 aromatic heterocycles. The third-order valence-corrected chi connectivity index (χ3v) is 5.31. The van der Waals surface area contributed by atoms with Crippen LogP contribution < -0.4 is 10.1 Å². The first-order chi connectivity index (χ1) is 14.0. The molecule has 2 aromatic carbocycles. The zero-order valence-corrected chi connectivity index (χ0v) is 16.7. The van der Waals surface area contributed by atoms with Crippen LogP contribution in [0.1, 0.15) is 34.5 Å². The van der Waals surface area contributed by atoms with Crippen molar-refractivity contribution in [1.29, 1.82) is 0 Å². The molecule has 3 nitrogen and oxygen atoms in total. The summed E-state index contributed by atoms with van der Waals surface area (Å²) in [5.41, 5.74) is 2.96. The lowest BCUT2D eigenvalue weighted by atomic mass is 10.0. The highest BCUT2D eigenvalue weighted by Gasteiger charge is 2.16. The predicted octanol–water partition coefficient (Wildman–Crippen LogP) is 5.83. The summed E-state index contributed by atoms with van der Waals surface area (Å²) in [4.78, 5) is 13.6. The highest BCUT2D eigenvalue weighted by molar-refractivity contribution is 7.10. The largest absolute Gasteiger partial charge is 0.435 e. The number of nitrogens with one attached hydrogen (secondary N) is 1. The van der Waals surface area contributed by atoms with Gasteiger partial charge >= 0.3 is 6.61 Å². The molecule has 0 fully saturated rings. The lowest BCUT2D eigenvalue weighted by molar-refractivity contribution is -0.116. The summed E-state index contributed by atoms with van der Waals surface area (Å²) in [5.74, 6) is -0.161. The molecule has 3 aromatic rings. The van der Waals surface area contributed by atoms with Gasteiger partial charge in [0.2, 0.25) is 5.91 Å². The molecular weight excluding hydrogens is 392 g/mol. The van der Waals surface area contributed by atoms with Gasteiger partial charge in [0, 0.05) is 11.0 Å². The van der Waals surface area contributed by atoms with E-state index < -0.39 is 6.61 Å². The summed E-state index contributed by atoms with van der Waals surface area (Å²) >= 11 is 1.58. The molecule has 0 unspecified atom stereocenters. The first-order valence-corrected chi connectivity index (χ1v) is 10.1. The van der Waals surface area contributed by atoms with Gasteiger partial charge in [0.05, 0.1) is 6.04 Å².